The molecule has 3 nitrogen and oxygen atoms in total. The summed E-state index contributed by atoms with van der Waals surface area (Å²) in [7, 11) is 0. The Balaban J connectivity index is 2.76. The number of nitrogens with zero attached hydrogens (tertiary/aromatic N) is 1. The highest BCUT2D eigenvalue weighted by Gasteiger charge is 2.25. The Morgan fingerprint density at radius 1 is 1.22 bits per heavy atom. The van der Waals surface area contributed by atoms with Crippen LogP contribution in [0.25, 0.3) is 11.1 Å². The van der Waals surface area contributed by atoms with E-state index in [9.17, 15) is 4.79 Å². The summed E-state index contributed by atoms with van der Waals surface area (Å²) in [6.07, 6.45) is 4.09. The molecule has 1 amide bonds. The average molecular weight is 333 g/mol. The minimum Gasteiger partial charge on any atom is -0.366 e. The Labute approximate surface area is 143 Å². The molecule has 0 unspecified atom stereocenters. The number of halogens is 1. The predicted molar refractivity (Wildman–Crippen MR) is 97.0 cm³/mol. The second-order valence-electron chi connectivity index (χ2n) is 5.88. The van der Waals surface area contributed by atoms with E-state index in [4.69, 9.17) is 17.3 Å². The van der Waals surface area contributed by atoms with Crippen molar-refractivity contribution in [3.8, 4) is 11.1 Å². The molecule has 1 heterocycles. The molecule has 0 spiro atoms. The summed E-state index contributed by atoms with van der Waals surface area (Å²) in [4.78, 5) is 12.1. The van der Waals surface area contributed by atoms with Crippen molar-refractivity contribution in [2.24, 2.45) is 5.73 Å². The highest BCUT2D eigenvalue weighted by molar-refractivity contribution is 6.33. The van der Waals surface area contributed by atoms with Gasteiger partial charge in [0.2, 0.25) is 0 Å². The number of rotatable bonds is 7. The quantitative estimate of drug-likeness (QED) is 0.764. The van der Waals surface area contributed by atoms with Gasteiger partial charge in [-0.05, 0) is 25.8 Å². The molecule has 124 valence electrons. The van der Waals surface area contributed by atoms with Crippen LogP contribution < -0.4 is 5.73 Å². The molecule has 23 heavy (non-hydrogen) atoms. The second kappa shape index (κ2) is 7.69. The molecule has 0 bridgehead atoms. The summed E-state index contributed by atoms with van der Waals surface area (Å²) in [6, 6.07) is 7.67. The molecule has 0 aliphatic rings. The van der Waals surface area contributed by atoms with Crippen molar-refractivity contribution in [3.05, 3.63) is 46.2 Å². The lowest BCUT2D eigenvalue weighted by molar-refractivity contribution is 0.1000. The van der Waals surface area contributed by atoms with Gasteiger partial charge in [0.15, 0.2) is 0 Å². The van der Waals surface area contributed by atoms with Gasteiger partial charge >= 0.3 is 0 Å². The van der Waals surface area contributed by atoms with Crippen LogP contribution in [0, 0.1) is 6.92 Å². The van der Waals surface area contributed by atoms with Crippen LogP contribution in [0.4, 0.5) is 0 Å². The Bertz CT molecular complexity index is 704. The molecule has 0 fully saturated rings. The molecule has 0 radical (unpaired) electrons. The van der Waals surface area contributed by atoms with Crippen LogP contribution in [0.3, 0.4) is 0 Å². The number of carbonyl (C=O) groups is 1. The summed E-state index contributed by atoms with van der Waals surface area (Å²) in [5.41, 5.74) is 10.2. The molecule has 1 aromatic heterocycles. The third-order valence-corrected chi connectivity index (χ3v) is 4.57. The van der Waals surface area contributed by atoms with Gasteiger partial charge in [-0.15, -0.1) is 0 Å². The lowest BCUT2D eigenvalue weighted by Gasteiger charge is -2.12. The number of benzene rings is 1. The van der Waals surface area contributed by atoms with Gasteiger partial charge in [0.05, 0.1) is 5.56 Å². The number of aromatic nitrogens is 1. The third kappa shape index (κ3) is 3.45. The summed E-state index contributed by atoms with van der Waals surface area (Å²) < 4.78 is 2.26. The SMILES string of the molecule is CCCCn1c(C)c(C(N)=O)c(-c2ccccc2Cl)c1CCC. The highest BCUT2D eigenvalue weighted by atomic mass is 35.5. The van der Waals surface area contributed by atoms with E-state index in [1.54, 1.807) is 0 Å². The smallest absolute Gasteiger partial charge is 0.251 e. The van der Waals surface area contributed by atoms with E-state index in [2.05, 4.69) is 18.4 Å². The first-order valence-electron chi connectivity index (χ1n) is 8.29. The maximum absolute atomic E-state index is 12.1. The summed E-state index contributed by atoms with van der Waals surface area (Å²) in [5.74, 6) is -0.384. The average Bonchev–Trinajstić information content (AvgIpc) is 2.78. The van der Waals surface area contributed by atoms with E-state index in [-0.39, 0.29) is 5.91 Å². The van der Waals surface area contributed by atoms with Crippen LogP contribution in [-0.2, 0) is 13.0 Å². The fourth-order valence-corrected chi connectivity index (χ4v) is 3.40. The summed E-state index contributed by atoms with van der Waals surface area (Å²) in [6.45, 7) is 7.20. The van der Waals surface area contributed by atoms with Gasteiger partial charge in [0.25, 0.3) is 5.91 Å². The zero-order valence-corrected chi connectivity index (χ0v) is 14.9. The van der Waals surface area contributed by atoms with Crippen molar-refractivity contribution in [2.45, 2.75) is 53.0 Å². The van der Waals surface area contributed by atoms with Crippen LogP contribution >= 0.6 is 11.6 Å². The zero-order valence-electron chi connectivity index (χ0n) is 14.2. The van der Waals surface area contributed by atoms with Crippen LogP contribution in [0.15, 0.2) is 24.3 Å². The molecular formula is C19H25ClN2O. The molecule has 2 N–H and O–H groups in total. The number of nitrogens with two attached hydrogens (primary N) is 1. The van der Waals surface area contributed by atoms with Gasteiger partial charge in [-0.25, -0.2) is 0 Å². The standard InChI is InChI=1S/C19H25ClN2O/c1-4-6-12-22-13(3)17(19(21)23)18(16(22)9-5-2)14-10-7-8-11-15(14)20/h7-8,10-11H,4-6,9,12H2,1-3H3,(H2,21,23). The maximum atomic E-state index is 12.1. The Morgan fingerprint density at radius 3 is 2.48 bits per heavy atom. The topological polar surface area (TPSA) is 48.0 Å². The van der Waals surface area contributed by atoms with Crippen LogP contribution in [0.2, 0.25) is 5.02 Å². The second-order valence-corrected chi connectivity index (χ2v) is 6.29. The monoisotopic (exact) mass is 332 g/mol. The van der Waals surface area contributed by atoms with Crippen LogP contribution in [0.1, 0.15) is 54.9 Å². The van der Waals surface area contributed by atoms with E-state index in [0.29, 0.717) is 10.6 Å². The molecule has 0 aliphatic carbocycles. The largest absolute Gasteiger partial charge is 0.366 e. The molecule has 4 heteroatoms. The first-order chi connectivity index (χ1) is 11.0. The number of amides is 1. The summed E-state index contributed by atoms with van der Waals surface area (Å²) >= 11 is 6.41. The molecule has 0 saturated heterocycles. The van der Waals surface area contributed by atoms with E-state index < -0.39 is 0 Å². The Morgan fingerprint density at radius 2 is 1.91 bits per heavy atom. The fourth-order valence-electron chi connectivity index (χ4n) is 3.17. The van der Waals surface area contributed by atoms with Crippen LogP contribution in [-0.4, -0.2) is 10.5 Å². The highest BCUT2D eigenvalue weighted by Crippen LogP contribution is 2.37. The predicted octanol–water partition coefficient (Wildman–Crippen LogP) is 4.97. The third-order valence-electron chi connectivity index (χ3n) is 4.24. The van der Waals surface area contributed by atoms with Gasteiger partial charge in [-0.1, -0.05) is 56.5 Å². The van der Waals surface area contributed by atoms with E-state index in [0.717, 1.165) is 49.0 Å². The van der Waals surface area contributed by atoms with E-state index in [1.165, 1.54) is 5.69 Å². The number of hydrogen-bond donors (Lipinski definition) is 1. The van der Waals surface area contributed by atoms with Gasteiger partial charge in [-0.2, -0.15) is 0 Å². The van der Waals surface area contributed by atoms with Crippen molar-refractivity contribution in [1.82, 2.24) is 4.57 Å². The Kier molecular flexibility index (Phi) is 5.89. The van der Waals surface area contributed by atoms with Crippen LogP contribution in [0.5, 0.6) is 0 Å². The fraction of sp³-hybridized carbons (Fsp3) is 0.421. The van der Waals surface area contributed by atoms with Crippen molar-refractivity contribution in [1.29, 1.82) is 0 Å². The molecule has 0 saturated carbocycles. The number of primary amides is 1. The first kappa shape index (κ1) is 17.6. The van der Waals surface area contributed by atoms with Gasteiger partial charge in [0, 0.05) is 34.1 Å². The number of hydrogen-bond acceptors (Lipinski definition) is 1. The Hall–Kier alpha value is -1.74. The molecule has 2 aromatic rings. The van der Waals surface area contributed by atoms with E-state index in [1.807, 2.05) is 31.2 Å². The molecule has 0 aliphatic heterocycles. The van der Waals surface area contributed by atoms with Crippen molar-refractivity contribution >= 4 is 17.5 Å². The van der Waals surface area contributed by atoms with Gasteiger partial charge < -0.3 is 10.3 Å². The normalized spacial score (nSPS) is 11.0. The lowest BCUT2D eigenvalue weighted by atomic mass is 9.98. The minimum absolute atomic E-state index is 0.384. The van der Waals surface area contributed by atoms with Crippen molar-refractivity contribution < 1.29 is 4.79 Å². The molecule has 0 atom stereocenters. The zero-order chi connectivity index (χ0) is 17.0. The van der Waals surface area contributed by atoms with Crippen molar-refractivity contribution in [2.75, 3.05) is 0 Å². The molecular weight excluding hydrogens is 308 g/mol. The first-order valence-corrected chi connectivity index (χ1v) is 8.67. The molecule has 2 rings (SSSR count). The number of carbonyl (C=O) groups excluding carboxylic acids is 1. The number of unbranched alkanes of at least 4 members (excludes halogenated alkanes) is 1. The molecule has 1 aromatic carbocycles. The lowest BCUT2D eigenvalue weighted by Crippen LogP contribution is -2.13. The van der Waals surface area contributed by atoms with E-state index >= 15 is 0 Å². The van der Waals surface area contributed by atoms with Gasteiger partial charge in [0.1, 0.15) is 0 Å². The van der Waals surface area contributed by atoms with Crippen molar-refractivity contribution in [3.63, 3.8) is 0 Å². The minimum atomic E-state index is -0.384. The van der Waals surface area contributed by atoms with Gasteiger partial charge in [-0.3, -0.25) is 4.79 Å². The summed E-state index contributed by atoms with van der Waals surface area (Å²) in [5, 5.41) is 0.653. The maximum Gasteiger partial charge on any atom is 0.251 e.